The van der Waals surface area contributed by atoms with Crippen LogP contribution in [0.5, 0.6) is 0 Å². The standard InChI is InChI=1S/C20H12Cl4O2/c21-17-10-16(11-6-2-1-3-7-11)15-9-5-4-8-12(15)18(22,13(17)25)20(15,24)14(26)19(16,17)23/h1-9,12H,10H2. The first kappa shape index (κ1) is 16.2. The summed E-state index contributed by atoms with van der Waals surface area (Å²) in [5.74, 6) is -1.26. The minimum Gasteiger partial charge on any atom is -0.296 e. The molecule has 1 aromatic carbocycles. The molecule has 0 heterocycles. The highest BCUT2D eigenvalue weighted by atomic mass is 35.5. The molecule has 5 aliphatic rings. The van der Waals surface area contributed by atoms with Crippen molar-refractivity contribution in [2.45, 2.75) is 31.3 Å². The van der Waals surface area contributed by atoms with E-state index < -0.39 is 47.8 Å². The fourth-order valence-electron chi connectivity index (χ4n) is 6.87. The van der Waals surface area contributed by atoms with Gasteiger partial charge in [-0.1, -0.05) is 54.6 Å². The molecule has 7 atom stereocenters. The van der Waals surface area contributed by atoms with Gasteiger partial charge in [-0.3, -0.25) is 9.59 Å². The highest BCUT2D eigenvalue weighted by Crippen LogP contribution is 2.93. The quantitative estimate of drug-likeness (QED) is 0.633. The molecule has 5 aliphatic carbocycles. The fraction of sp³-hybridized carbons (Fsp3) is 0.400. The monoisotopic (exact) mass is 424 g/mol. The van der Waals surface area contributed by atoms with Gasteiger partial charge in [-0.05, 0) is 12.0 Å². The van der Waals surface area contributed by atoms with Crippen molar-refractivity contribution >= 4 is 58.0 Å². The summed E-state index contributed by atoms with van der Waals surface area (Å²) >= 11 is 27.8. The predicted octanol–water partition coefficient (Wildman–Crippen LogP) is 4.15. The maximum Gasteiger partial charge on any atom is 0.181 e. The number of allylic oxidation sites excluding steroid dienone is 4. The van der Waals surface area contributed by atoms with Gasteiger partial charge in [-0.2, -0.15) is 0 Å². The molecule has 0 saturated heterocycles. The lowest BCUT2D eigenvalue weighted by Crippen LogP contribution is -2.83. The Morgan fingerprint density at radius 2 is 1.58 bits per heavy atom. The number of alkyl halides is 4. The van der Waals surface area contributed by atoms with Crippen LogP contribution >= 0.6 is 46.4 Å². The second kappa shape index (κ2) is 3.98. The van der Waals surface area contributed by atoms with E-state index in [1.54, 1.807) is 0 Å². The molecule has 6 rings (SSSR count). The molecule has 0 radical (unpaired) electrons. The van der Waals surface area contributed by atoms with Crippen LogP contribution in [0.1, 0.15) is 12.0 Å². The number of Topliss-reactive ketones (excluding diaryl/α,β-unsaturated/α-hetero) is 2. The first-order valence-electron chi connectivity index (χ1n) is 8.48. The van der Waals surface area contributed by atoms with Gasteiger partial charge in [0, 0.05) is 16.7 Å². The Morgan fingerprint density at radius 1 is 0.885 bits per heavy atom. The first-order chi connectivity index (χ1) is 12.2. The minimum atomic E-state index is -1.61. The van der Waals surface area contributed by atoms with Crippen LogP contribution in [-0.4, -0.2) is 31.1 Å². The summed E-state index contributed by atoms with van der Waals surface area (Å²) < 4.78 is 0. The summed E-state index contributed by atoms with van der Waals surface area (Å²) in [7, 11) is 0. The van der Waals surface area contributed by atoms with E-state index in [0.717, 1.165) is 5.56 Å². The number of halogens is 4. The zero-order chi connectivity index (χ0) is 18.4. The summed E-state index contributed by atoms with van der Waals surface area (Å²) in [4.78, 5) is 20.8. The maximum atomic E-state index is 13.7. The highest BCUT2D eigenvalue weighted by Gasteiger charge is 3.07. The van der Waals surface area contributed by atoms with E-state index in [9.17, 15) is 9.59 Å². The molecular formula is C20H12Cl4O2. The van der Waals surface area contributed by atoms with Crippen molar-refractivity contribution in [3.8, 4) is 0 Å². The Bertz CT molecular complexity index is 1000. The molecule has 1 spiro atoms. The third-order valence-corrected chi connectivity index (χ3v) is 10.8. The Balaban J connectivity index is 1.81. The molecule has 2 bridgehead atoms. The summed E-state index contributed by atoms with van der Waals surface area (Å²) in [6.07, 6.45) is 7.78. The summed E-state index contributed by atoms with van der Waals surface area (Å²) in [5.41, 5.74) is -0.872. The molecule has 7 unspecified atom stereocenters. The average Bonchev–Trinajstić information content (AvgIpc) is 2.74. The lowest BCUT2D eigenvalue weighted by molar-refractivity contribution is -0.147. The lowest BCUT2D eigenvalue weighted by atomic mass is 9.38. The zero-order valence-electron chi connectivity index (χ0n) is 13.3. The van der Waals surface area contributed by atoms with Crippen molar-refractivity contribution in [3.63, 3.8) is 0 Å². The third kappa shape index (κ3) is 0.977. The van der Waals surface area contributed by atoms with Crippen molar-refractivity contribution in [3.05, 3.63) is 60.2 Å². The molecule has 1 aromatic rings. The van der Waals surface area contributed by atoms with Crippen molar-refractivity contribution in [1.82, 2.24) is 0 Å². The van der Waals surface area contributed by atoms with Gasteiger partial charge in [-0.15, -0.1) is 46.4 Å². The van der Waals surface area contributed by atoms with Crippen LogP contribution in [0.15, 0.2) is 54.6 Å². The van der Waals surface area contributed by atoms with Gasteiger partial charge in [0.15, 0.2) is 11.6 Å². The highest BCUT2D eigenvalue weighted by molar-refractivity contribution is 6.67. The second-order valence-corrected chi connectivity index (χ2v) is 10.4. The number of hydrogen-bond acceptors (Lipinski definition) is 2. The van der Waals surface area contributed by atoms with Gasteiger partial charge in [-0.25, -0.2) is 0 Å². The Morgan fingerprint density at radius 3 is 2.27 bits per heavy atom. The maximum absolute atomic E-state index is 13.7. The van der Waals surface area contributed by atoms with E-state index in [1.807, 2.05) is 54.6 Å². The third-order valence-electron chi connectivity index (χ3n) is 7.70. The molecular weight excluding hydrogens is 414 g/mol. The van der Waals surface area contributed by atoms with Crippen LogP contribution in [0.2, 0.25) is 0 Å². The van der Waals surface area contributed by atoms with E-state index in [-0.39, 0.29) is 6.42 Å². The summed E-state index contributed by atoms with van der Waals surface area (Å²) in [6, 6.07) is 9.57. The molecule has 0 N–H and O–H groups in total. The normalized spacial score (nSPS) is 57.5. The molecule has 6 heteroatoms. The van der Waals surface area contributed by atoms with Crippen LogP contribution in [0.4, 0.5) is 0 Å². The summed E-state index contributed by atoms with van der Waals surface area (Å²) in [6.45, 7) is 0. The number of benzene rings is 1. The fourth-order valence-corrected chi connectivity index (χ4v) is 9.53. The molecule has 4 saturated carbocycles. The van der Waals surface area contributed by atoms with Crippen LogP contribution < -0.4 is 0 Å². The number of fused-ring (bicyclic) bond motifs is 1. The van der Waals surface area contributed by atoms with E-state index >= 15 is 0 Å². The number of rotatable bonds is 1. The zero-order valence-corrected chi connectivity index (χ0v) is 16.3. The topological polar surface area (TPSA) is 34.1 Å². The summed E-state index contributed by atoms with van der Waals surface area (Å²) in [5, 5.41) is 0. The van der Waals surface area contributed by atoms with Crippen molar-refractivity contribution < 1.29 is 9.59 Å². The second-order valence-electron chi connectivity index (χ2n) is 8.03. The van der Waals surface area contributed by atoms with Crippen LogP contribution in [-0.2, 0) is 15.0 Å². The molecule has 132 valence electrons. The van der Waals surface area contributed by atoms with Gasteiger partial charge >= 0.3 is 0 Å². The Kier molecular flexibility index (Phi) is 2.48. The van der Waals surface area contributed by atoms with Crippen molar-refractivity contribution in [1.29, 1.82) is 0 Å². The van der Waals surface area contributed by atoms with Crippen molar-refractivity contribution in [2.75, 3.05) is 0 Å². The van der Waals surface area contributed by atoms with Crippen LogP contribution in [0, 0.1) is 11.3 Å². The Hall–Kier alpha value is -0.800. The Labute approximate surface area is 170 Å². The molecule has 0 aliphatic heterocycles. The van der Waals surface area contributed by atoms with Gasteiger partial charge in [0.2, 0.25) is 0 Å². The predicted molar refractivity (Wildman–Crippen MR) is 101 cm³/mol. The van der Waals surface area contributed by atoms with Gasteiger partial charge in [0.1, 0.15) is 19.5 Å². The molecule has 26 heavy (non-hydrogen) atoms. The van der Waals surface area contributed by atoms with E-state index in [0.29, 0.717) is 0 Å². The largest absolute Gasteiger partial charge is 0.296 e. The van der Waals surface area contributed by atoms with Crippen LogP contribution in [0.3, 0.4) is 0 Å². The lowest BCUT2D eigenvalue weighted by Gasteiger charge is -2.68. The van der Waals surface area contributed by atoms with Crippen molar-refractivity contribution in [2.24, 2.45) is 11.3 Å². The molecule has 0 amide bonds. The van der Waals surface area contributed by atoms with Gasteiger partial charge in [0.05, 0.1) is 0 Å². The SMILES string of the molecule is O=C1C2(Cl)CC3(c4ccccc4)C2(Cl)C(=O)C2(Cl)C1(Cl)C1C=CC=CC123. The van der Waals surface area contributed by atoms with E-state index in [1.165, 1.54) is 0 Å². The minimum absolute atomic E-state index is 0.247. The number of carbonyl (C=O) groups excluding carboxylic acids is 2. The molecule has 0 aromatic heterocycles. The number of ketones is 2. The number of hydrogen-bond donors (Lipinski definition) is 0. The smallest absolute Gasteiger partial charge is 0.181 e. The van der Waals surface area contributed by atoms with Gasteiger partial charge in [0.25, 0.3) is 0 Å². The first-order valence-corrected chi connectivity index (χ1v) is 9.99. The number of carbonyl (C=O) groups is 2. The molecule has 2 nitrogen and oxygen atoms in total. The average molecular weight is 426 g/mol. The van der Waals surface area contributed by atoms with E-state index in [4.69, 9.17) is 46.4 Å². The van der Waals surface area contributed by atoms with Crippen LogP contribution in [0.25, 0.3) is 0 Å². The van der Waals surface area contributed by atoms with E-state index in [2.05, 4.69) is 0 Å². The molecule has 4 fully saturated rings. The van der Waals surface area contributed by atoms with Gasteiger partial charge < -0.3 is 0 Å².